The van der Waals surface area contributed by atoms with E-state index in [-0.39, 0.29) is 5.97 Å². The van der Waals surface area contributed by atoms with Gasteiger partial charge in [-0.15, -0.1) is 11.8 Å². The summed E-state index contributed by atoms with van der Waals surface area (Å²) < 4.78 is 10.6. The first-order valence-electron chi connectivity index (χ1n) is 10.7. The smallest absolute Gasteiger partial charge is 0.316 e. The Balaban J connectivity index is 1.79. The van der Waals surface area contributed by atoms with Crippen LogP contribution >= 0.6 is 11.8 Å². The van der Waals surface area contributed by atoms with Crippen LogP contribution < -0.4 is 9.47 Å². The highest BCUT2D eigenvalue weighted by Gasteiger charge is 2.45. The molecule has 30 heavy (non-hydrogen) atoms. The van der Waals surface area contributed by atoms with E-state index in [1.165, 1.54) is 6.42 Å². The van der Waals surface area contributed by atoms with Crippen LogP contribution in [0.3, 0.4) is 0 Å². The molecule has 0 spiro atoms. The van der Waals surface area contributed by atoms with Crippen LogP contribution in [0.15, 0.2) is 47.4 Å². The minimum Gasteiger partial charge on any atom is -0.497 e. The van der Waals surface area contributed by atoms with Crippen molar-refractivity contribution in [1.82, 2.24) is 0 Å². The highest BCUT2D eigenvalue weighted by Crippen LogP contribution is 2.48. The lowest BCUT2D eigenvalue weighted by molar-refractivity contribution is -0.143. The van der Waals surface area contributed by atoms with Gasteiger partial charge >= 0.3 is 5.97 Å². The van der Waals surface area contributed by atoms with E-state index in [9.17, 15) is 9.90 Å². The Bertz CT molecular complexity index is 836. The largest absolute Gasteiger partial charge is 0.497 e. The van der Waals surface area contributed by atoms with Gasteiger partial charge in [0.25, 0.3) is 0 Å². The second kappa shape index (κ2) is 9.88. The van der Waals surface area contributed by atoms with Gasteiger partial charge in [-0.25, -0.2) is 0 Å². The lowest BCUT2D eigenvalue weighted by Crippen LogP contribution is -2.47. The summed E-state index contributed by atoms with van der Waals surface area (Å²) in [6, 6.07) is 13.7. The van der Waals surface area contributed by atoms with Gasteiger partial charge in [-0.05, 0) is 69.0 Å². The van der Waals surface area contributed by atoms with Gasteiger partial charge in [0.05, 0.1) is 19.1 Å². The van der Waals surface area contributed by atoms with E-state index < -0.39 is 16.8 Å². The summed E-state index contributed by atoms with van der Waals surface area (Å²) in [5.74, 6) is 0.415. The number of para-hydroxylation sites is 1. The number of aryl methyl sites for hydroxylation is 2. The van der Waals surface area contributed by atoms with Crippen molar-refractivity contribution in [2.75, 3.05) is 7.11 Å². The van der Waals surface area contributed by atoms with Gasteiger partial charge in [0, 0.05) is 9.64 Å². The molecule has 0 radical (unpaired) electrons. The molecule has 1 aliphatic rings. The second-order valence-electron chi connectivity index (χ2n) is 8.28. The molecule has 2 aromatic rings. The van der Waals surface area contributed by atoms with Gasteiger partial charge in [-0.2, -0.15) is 0 Å². The fourth-order valence-corrected chi connectivity index (χ4v) is 5.78. The number of methoxy groups -OCH3 is 1. The van der Waals surface area contributed by atoms with Gasteiger partial charge in [0.15, 0.2) is 0 Å². The quantitative estimate of drug-likeness (QED) is 0.452. The number of aliphatic hydroxyl groups is 1. The van der Waals surface area contributed by atoms with E-state index in [4.69, 9.17) is 9.47 Å². The highest BCUT2D eigenvalue weighted by molar-refractivity contribution is 8.00. The van der Waals surface area contributed by atoms with Gasteiger partial charge in [0.2, 0.25) is 0 Å². The molecule has 0 aromatic heterocycles. The van der Waals surface area contributed by atoms with Gasteiger partial charge in [-0.1, -0.05) is 37.5 Å². The van der Waals surface area contributed by atoms with Crippen molar-refractivity contribution in [3.8, 4) is 11.5 Å². The summed E-state index contributed by atoms with van der Waals surface area (Å²) in [6.07, 6.45) is 4.25. The molecule has 0 amide bonds. The van der Waals surface area contributed by atoms with E-state index >= 15 is 0 Å². The third-order valence-electron chi connectivity index (χ3n) is 6.08. The second-order valence-corrected chi connectivity index (χ2v) is 9.77. The molecule has 2 atom stereocenters. The summed E-state index contributed by atoms with van der Waals surface area (Å²) in [6.45, 7) is 5.64. The van der Waals surface area contributed by atoms with Crippen molar-refractivity contribution in [2.45, 2.75) is 68.6 Å². The van der Waals surface area contributed by atoms with E-state index in [2.05, 4.69) is 0 Å². The molecular weight excluding hydrogens is 396 g/mol. The number of ether oxygens (including phenoxy) is 2. The highest BCUT2D eigenvalue weighted by atomic mass is 32.2. The molecule has 0 heterocycles. The average molecular weight is 429 g/mol. The average Bonchev–Trinajstić information content (AvgIpc) is 2.76. The zero-order valence-corrected chi connectivity index (χ0v) is 19.1. The number of hydrogen-bond acceptors (Lipinski definition) is 5. The van der Waals surface area contributed by atoms with Crippen LogP contribution in [0, 0.1) is 19.8 Å². The number of rotatable bonds is 7. The zero-order chi connectivity index (χ0) is 21.7. The Morgan fingerprint density at radius 1 is 1.03 bits per heavy atom. The predicted octanol–water partition coefficient (Wildman–Crippen LogP) is 5.71. The van der Waals surface area contributed by atoms with Crippen LogP contribution in [0.25, 0.3) is 0 Å². The summed E-state index contributed by atoms with van der Waals surface area (Å²) in [5, 5.41) is 11.4. The van der Waals surface area contributed by atoms with Crippen LogP contribution in [-0.2, 0) is 4.79 Å². The van der Waals surface area contributed by atoms with Crippen molar-refractivity contribution in [3.05, 3.63) is 53.6 Å². The molecule has 1 aliphatic carbocycles. The number of carbonyl (C=O) groups excluding carboxylic acids is 1. The third-order valence-corrected chi connectivity index (χ3v) is 7.64. The first kappa shape index (κ1) is 22.7. The number of thioether (sulfide) groups is 1. The Morgan fingerprint density at radius 3 is 2.20 bits per heavy atom. The SMILES string of the molecule is COc1ccc(SC2([C@H](O)[C@H](C)C(=O)Oc3c(C)cccc3C)CCCCC2)cc1. The topological polar surface area (TPSA) is 55.8 Å². The number of esters is 1. The molecule has 3 rings (SSSR count). The van der Waals surface area contributed by atoms with Crippen molar-refractivity contribution in [2.24, 2.45) is 5.92 Å². The van der Waals surface area contributed by atoms with E-state index in [0.717, 1.165) is 47.5 Å². The van der Waals surface area contributed by atoms with Crippen molar-refractivity contribution in [3.63, 3.8) is 0 Å². The maximum atomic E-state index is 13.0. The molecule has 0 unspecified atom stereocenters. The van der Waals surface area contributed by atoms with E-state index in [1.807, 2.05) is 56.3 Å². The number of benzene rings is 2. The lowest BCUT2D eigenvalue weighted by Gasteiger charge is -2.42. The van der Waals surface area contributed by atoms with Crippen LogP contribution in [0.1, 0.15) is 50.2 Å². The minimum absolute atomic E-state index is 0.375. The number of hydrogen-bond donors (Lipinski definition) is 1. The van der Waals surface area contributed by atoms with Crippen LogP contribution in [-0.4, -0.2) is 29.0 Å². The standard InChI is InChI=1S/C25H32O4S/c1-17-9-8-10-18(2)22(17)29-24(27)19(3)23(26)25(15-6-5-7-16-25)30-21-13-11-20(28-4)12-14-21/h8-14,19,23,26H,5-7,15-16H2,1-4H3/t19-,23+/m0/s1. The maximum absolute atomic E-state index is 13.0. The van der Waals surface area contributed by atoms with Crippen molar-refractivity contribution >= 4 is 17.7 Å². The molecule has 0 bridgehead atoms. The molecule has 1 fully saturated rings. The summed E-state index contributed by atoms with van der Waals surface area (Å²) >= 11 is 1.68. The van der Waals surface area contributed by atoms with Gasteiger partial charge in [0.1, 0.15) is 11.5 Å². The molecule has 0 aliphatic heterocycles. The van der Waals surface area contributed by atoms with Gasteiger partial charge < -0.3 is 14.6 Å². The van der Waals surface area contributed by atoms with Crippen molar-refractivity contribution < 1.29 is 19.4 Å². The first-order valence-corrected chi connectivity index (χ1v) is 11.5. The maximum Gasteiger partial charge on any atom is 0.316 e. The number of carbonyl (C=O) groups is 1. The van der Waals surface area contributed by atoms with E-state index in [1.54, 1.807) is 25.8 Å². The summed E-state index contributed by atoms with van der Waals surface area (Å²) in [7, 11) is 1.65. The predicted molar refractivity (Wildman–Crippen MR) is 121 cm³/mol. The summed E-state index contributed by atoms with van der Waals surface area (Å²) in [5.41, 5.74) is 1.84. The Kier molecular flexibility index (Phi) is 7.48. The van der Waals surface area contributed by atoms with Gasteiger partial charge in [-0.3, -0.25) is 4.79 Å². The van der Waals surface area contributed by atoms with Crippen LogP contribution in [0.4, 0.5) is 0 Å². The molecule has 4 nitrogen and oxygen atoms in total. The van der Waals surface area contributed by atoms with Crippen LogP contribution in [0.2, 0.25) is 0 Å². The Labute approximate surface area is 184 Å². The van der Waals surface area contributed by atoms with Crippen LogP contribution in [0.5, 0.6) is 11.5 Å². The van der Waals surface area contributed by atoms with Crippen molar-refractivity contribution in [1.29, 1.82) is 0 Å². The number of aliphatic hydroxyl groups excluding tert-OH is 1. The Morgan fingerprint density at radius 2 is 1.63 bits per heavy atom. The monoisotopic (exact) mass is 428 g/mol. The zero-order valence-electron chi connectivity index (χ0n) is 18.3. The minimum atomic E-state index is -0.790. The normalized spacial score (nSPS) is 17.8. The summed E-state index contributed by atoms with van der Waals surface area (Å²) in [4.78, 5) is 14.0. The molecule has 0 saturated heterocycles. The fourth-order valence-electron chi connectivity index (χ4n) is 4.23. The molecule has 2 aromatic carbocycles. The first-order chi connectivity index (χ1) is 14.4. The molecule has 1 N–H and O–H groups in total. The third kappa shape index (κ3) is 5.01. The van der Waals surface area contributed by atoms with E-state index in [0.29, 0.717) is 5.75 Å². The molecular formula is C25H32O4S. The lowest BCUT2D eigenvalue weighted by atomic mass is 9.80. The molecule has 162 valence electrons. The Hall–Kier alpha value is -1.98. The molecule has 5 heteroatoms. The molecule has 1 saturated carbocycles. The fraction of sp³-hybridized carbons (Fsp3) is 0.480.